The minimum atomic E-state index is 0.108. The predicted octanol–water partition coefficient (Wildman–Crippen LogP) is 4.87. The second-order valence-electron chi connectivity index (χ2n) is 4.55. The molecule has 0 saturated heterocycles. The topological polar surface area (TPSA) is 17.1 Å². The van der Waals surface area contributed by atoms with Gasteiger partial charge in [-0.3, -0.25) is 4.79 Å². The number of hydrogen-bond donors (Lipinski definition) is 0. The van der Waals surface area contributed by atoms with Gasteiger partial charge in [0.1, 0.15) is 0 Å². The fourth-order valence-corrected chi connectivity index (χ4v) is 2.25. The quantitative estimate of drug-likeness (QED) is 0.649. The van der Waals surface area contributed by atoms with E-state index in [1.165, 1.54) is 0 Å². The zero-order valence-electron chi connectivity index (χ0n) is 12.2. The van der Waals surface area contributed by atoms with Crippen LogP contribution in [0.25, 0.3) is 0 Å². The van der Waals surface area contributed by atoms with Crippen LogP contribution in [0.3, 0.4) is 0 Å². The Hall–Kier alpha value is -1.37. The van der Waals surface area contributed by atoms with Crippen LogP contribution in [0.4, 0.5) is 0 Å². The van der Waals surface area contributed by atoms with Gasteiger partial charge in [-0.2, -0.15) is 0 Å². The van der Waals surface area contributed by atoms with Gasteiger partial charge in [0, 0.05) is 11.5 Å². The Morgan fingerprint density at radius 2 is 1.83 bits per heavy atom. The number of allylic oxidation sites excluding steroid dienone is 6. The van der Waals surface area contributed by atoms with E-state index >= 15 is 0 Å². The van der Waals surface area contributed by atoms with Crippen molar-refractivity contribution in [1.82, 2.24) is 0 Å². The van der Waals surface area contributed by atoms with E-state index in [0.717, 1.165) is 24.0 Å². The van der Waals surface area contributed by atoms with E-state index in [4.69, 9.17) is 0 Å². The lowest BCUT2D eigenvalue weighted by Crippen LogP contribution is -2.12. The molecule has 0 aromatic rings. The Bertz CT molecular complexity index is 358. The molecule has 0 spiro atoms. The smallest absolute Gasteiger partial charge is 0.165 e. The summed E-state index contributed by atoms with van der Waals surface area (Å²) < 4.78 is 0. The summed E-state index contributed by atoms with van der Waals surface area (Å²) in [5.74, 6) is 0.885. The van der Waals surface area contributed by atoms with Gasteiger partial charge in [-0.25, -0.2) is 0 Å². The molecule has 0 bridgehead atoms. The van der Waals surface area contributed by atoms with Crippen molar-refractivity contribution in [1.29, 1.82) is 0 Å². The van der Waals surface area contributed by atoms with Crippen LogP contribution in [0.2, 0.25) is 0 Å². The summed E-state index contributed by atoms with van der Waals surface area (Å²) in [6.45, 7) is 15.6. The van der Waals surface area contributed by atoms with Crippen LogP contribution in [0.15, 0.2) is 48.6 Å². The molecule has 2 unspecified atom stereocenters. The van der Waals surface area contributed by atoms with E-state index in [1.807, 2.05) is 39.0 Å². The second kappa shape index (κ2) is 8.68. The predicted molar refractivity (Wildman–Crippen MR) is 80.5 cm³/mol. The van der Waals surface area contributed by atoms with Crippen molar-refractivity contribution < 1.29 is 4.79 Å². The van der Waals surface area contributed by atoms with Crippen LogP contribution in [0, 0.1) is 11.8 Å². The molecule has 0 saturated carbocycles. The maximum Gasteiger partial charge on any atom is 0.165 e. The van der Waals surface area contributed by atoms with Gasteiger partial charge in [0.2, 0.25) is 0 Å². The lowest BCUT2D eigenvalue weighted by atomic mass is 9.93. The molecule has 0 heterocycles. The van der Waals surface area contributed by atoms with Crippen LogP contribution < -0.4 is 0 Å². The first-order valence-electron chi connectivity index (χ1n) is 6.79. The third kappa shape index (κ3) is 4.48. The Labute approximate surface area is 112 Å². The summed E-state index contributed by atoms with van der Waals surface area (Å²) in [6.07, 6.45) is 9.09. The Morgan fingerprint density at radius 3 is 2.33 bits per heavy atom. The molecular weight excluding hydrogens is 220 g/mol. The number of carbonyl (C=O) groups is 1. The summed E-state index contributed by atoms with van der Waals surface area (Å²) in [5.41, 5.74) is 1.88. The zero-order valence-corrected chi connectivity index (χ0v) is 12.2. The number of carbonyl (C=O) groups excluding carboxylic acids is 1. The van der Waals surface area contributed by atoms with E-state index < -0.39 is 0 Å². The maximum absolute atomic E-state index is 12.2. The van der Waals surface area contributed by atoms with E-state index in [2.05, 4.69) is 20.1 Å². The van der Waals surface area contributed by atoms with Crippen LogP contribution in [0.5, 0.6) is 0 Å². The molecule has 1 aliphatic carbocycles. The van der Waals surface area contributed by atoms with Crippen molar-refractivity contribution in [3.63, 3.8) is 0 Å². The summed E-state index contributed by atoms with van der Waals surface area (Å²) in [4.78, 5) is 12.2. The molecule has 1 aliphatic rings. The van der Waals surface area contributed by atoms with Gasteiger partial charge < -0.3 is 0 Å². The molecule has 1 nitrogen and oxygen atoms in total. The summed E-state index contributed by atoms with van der Waals surface area (Å²) in [6, 6.07) is 0. The molecule has 0 fully saturated rings. The largest absolute Gasteiger partial charge is 0.294 e. The van der Waals surface area contributed by atoms with Crippen molar-refractivity contribution in [3.8, 4) is 0 Å². The Kier molecular flexibility index (Phi) is 8.02. The number of Topliss-reactive ketones (excluding diaryl/α,β-unsaturated/α-hetero) is 1. The minimum absolute atomic E-state index is 0.108. The molecule has 1 rings (SSSR count). The van der Waals surface area contributed by atoms with Crippen LogP contribution in [-0.2, 0) is 4.79 Å². The average molecular weight is 246 g/mol. The highest BCUT2D eigenvalue weighted by Gasteiger charge is 2.25. The standard InChI is InChI=1S/C15H20O.C2H6/c1-5-7-8-14-13(6-2)10-11(3)9-12(4)15(14)16;1-2/h5-8,11-12H,1-2,9-10H2,3-4H3;1-2H3/b8-7-;. The lowest BCUT2D eigenvalue weighted by molar-refractivity contribution is -0.118. The number of rotatable bonds is 3. The number of hydrogen-bond acceptors (Lipinski definition) is 1. The van der Waals surface area contributed by atoms with Crippen molar-refractivity contribution in [2.24, 2.45) is 11.8 Å². The molecule has 2 atom stereocenters. The SMILES string of the molecule is C=C/C=C\C1=C(C=C)CC(C)CC(C)C1=O.CC. The van der Waals surface area contributed by atoms with Gasteiger partial charge >= 0.3 is 0 Å². The van der Waals surface area contributed by atoms with Crippen LogP contribution >= 0.6 is 0 Å². The first kappa shape index (κ1) is 16.6. The minimum Gasteiger partial charge on any atom is -0.294 e. The molecule has 0 amide bonds. The molecular formula is C17H26O. The van der Waals surface area contributed by atoms with E-state index in [1.54, 1.807) is 6.08 Å². The monoisotopic (exact) mass is 246 g/mol. The van der Waals surface area contributed by atoms with E-state index in [0.29, 0.717) is 5.92 Å². The fraction of sp³-hybridized carbons (Fsp3) is 0.471. The molecule has 18 heavy (non-hydrogen) atoms. The van der Waals surface area contributed by atoms with Gasteiger partial charge in [0.05, 0.1) is 0 Å². The lowest BCUT2D eigenvalue weighted by Gasteiger charge is -2.10. The molecule has 0 aliphatic heterocycles. The number of ketones is 1. The van der Waals surface area contributed by atoms with Gasteiger partial charge in [0.15, 0.2) is 5.78 Å². The van der Waals surface area contributed by atoms with Gasteiger partial charge in [0.25, 0.3) is 0 Å². The molecule has 0 radical (unpaired) electrons. The molecule has 0 aromatic carbocycles. The summed E-state index contributed by atoms with van der Waals surface area (Å²) >= 11 is 0. The summed E-state index contributed by atoms with van der Waals surface area (Å²) in [7, 11) is 0. The van der Waals surface area contributed by atoms with Crippen LogP contribution in [-0.4, -0.2) is 5.78 Å². The molecule has 1 heteroatoms. The molecule has 0 N–H and O–H groups in total. The average Bonchev–Trinajstić information content (AvgIpc) is 2.48. The first-order chi connectivity index (χ1) is 8.60. The second-order valence-corrected chi connectivity index (χ2v) is 4.55. The van der Waals surface area contributed by atoms with E-state index in [9.17, 15) is 4.79 Å². The van der Waals surface area contributed by atoms with Crippen molar-refractivity contribution in [3.05, 3.63) is 48.6 Å². The molecule has 0 aromatic heterocycles. The van der Waals surface area contributed by atoms with Crippen molar-refractivity contribution in [2.45, 2.75) is 40.5 Å². The van der Waals surface area contributed by atoms with Crippen LogP contribution in [0.1, 0.15) is 40.5 Å². The third-order valence-electron chi connectivity index (χ3n) is 3.03. The Morgan fingerprint density at radius 1 is 1.22 bits per heavy atom. The van der Waals surface area contributed by atoms with Gasteiger partial charge in [-0.1, -0.05) is 65.2 Å². The third-order valence-corrected chi connectivity index (χ3v) is 3.03. The van der Waals surface area contributed by atoms with E-state index in [-0.39, 0.29) is 11.7 Å². The van der Waals surface area contributed by atoms with Gasteiger partial charge in [-0.05, 0) is 24.3 Å². The highest BCUT2D eigenvalue weighted by Crippen LogP contribution is 2.30. The fourth-order valence-electron chi connectivity index (χ4n) is 2.25. The van der Waals surface area contributed by atoms with Crippen molar-refractivity contribution >= 4 is 5.78 Å². The highest BCUT2D eigenvalue weighted by atomic mass is 16.1. The first-order valence-corrected chi connectivity index (χ1v) is 6.79. The van der Waals surface area contributed by atoms with Gasteiger partial charge in [-0.15, -0.1) is 0 Å². The van der Waals surface area contributed by atoms with Crippen molar-refractivity contribution in [2.75, 3.05) is 0 Å². The maximum atomic E-state index is 12.2. The molecule has 100 valence electrons. The zero-order chi connectivity index (χ0) is 14.1. The Balaban J connectivity index is 0.00000137. The summed E-state index contributed by atoms with van der Waals surface area (Å²) in [5, 5.41) is 0. The normalized spacial score (nSPS) is 24.3. The highest BCUT2D eigenvalue weighted by molar-refractivity contribution is 6.01.